The molecule has 1 aromatic carbocycles. The van der Waals surface area contributed by atoms with Crippen molar-refractivity contribution in [2.45, 2.75) is 19.1 Å². The summed E-state index contributed by atoms with van der Waals surface area (Å²) in [6, 6.07) is 7.56. The fourth-order valence-corrected chi connectivity index (χ4v) is 2.47. The topological polar surface area (TPSA) is 30.9 Å². The summed E-state index contributed by atoms with van der Waals surface area (Å²) < 4.78 is 36.7. The maximum absolute atomic E-state index is 12.2. The van der Waals surface area contributed by atoms with Gasteiger partial charge in [-0.05, 0) is 31.6 Å². The summed E-state index contributed by atoms with van der Waals surface area (Å²) in [5.74, 6) is 0.674. The van der Waals surface area contributed by atoms with E-state index in [-0.39, 0.29) is 24.0 Å². The molecule has 0 spiro atoms. The van der Waals surface area contributed by atoms with Crippen LogP contribution in [-0.2, 0) is 6.54 Å². The van der Waals surface area contributed by atoms with Crippen molar-refractivity contribution in [1.82, 2.24) is 15.1 Å². The first-order valence-corrected chi connectivity index (χ1v) is 8.01. The Morgan fingerprint density at radius 2 is 1.88 bits per heavy atom. The van der Waals surface area contributed by atoms with Crippen molar-refractivity contribution < 1.29 is 13.2 Å². The Hall–Kier alpha value is -0.740. The molecule has 144 valence electrons. The highest BCUT2D eigenvalue weighted by atomic mass is 127. The normalized spacial score (nSPS) is 12.1. The summed E-state index contributed by atoms with van der Waals surface area (Å²) in [6.45, 7) is 0.598. The molecule has 1 N–H and O–H groups in total. The molecule has 0 fully saturated rings. The molecule has 0 atom stereocenters. The van der Waals surface area contributed by atoms with E-state index in [1.807, 2.05) is 36.2 Å². The molecule has 9 heteroatoms. The van der Waals surface area contributed by atoms with Crippen LogP contribution in [0.15, 0.2) is 29.3 Å². The van der Waals surface area contributed by atoms with Crippen LogP contribution in [0.3, 0.4) is 0 Å². The van der Waals surface area contributed by atoms with Crippen LogP contribution in [0, 0.1) is 0 Å². The molecule has 0 aliphatic rings. The number of hydrogen-bond acceptors (Lipinski definition) is 2. The molecule has 1 rings (SSSR count). The molecule has 0 saturated heterocycles. The lowest BCUT2D eigenvalue weighted by atomic mass is 10.2. The predicted molar refractivity (Wildman–Crippen MR) is 108 cm³/mol. The van der Waals surface area contributed by atoms with Crippen LogP contribution >= 0.6 is 35.6 Å². The van der Waals surface area contributed by atoms with Gasteiger partial charge in [0.05, 0.1) is 6.54 Å². The Kier molecular flexibility index (Phi) is 11.4. The summed E-state index contributed by atoms with van der Waals surface area (Å²) in [6.07, 6.45) is -3.57. The van der Waals surface area contributed by atoms with Crippen molar-refractivity contribution in [3.05, 3.63) is 34.9 Å². The number of nitrogens with zero attached hydrogens (tertiary/aromatic N) is 3. The van der Waals surface area contributed by atoms with E-state index in [1.165, 1.54) is 11.9 Å². The van der Waals surface area contributed by atoms with Crippen LogP contribution in [0.2, 0.25) is 5.02 Å². The molecule has 0 amide bonds. The van der Waals surface area contributed by atoms with Crippen molar-refractivity contribution in [2.24, 2.45) is 4.99 Å². The fraction of sp³-hybridized carbons (Fsp3) is 0.562. The molecule has 0 heterocycles. The number of benzene rings is 1. The van der Waals surface area contributed by atoms with E-state index in [9.17, 15) is 13.2 Å². The van der Waals surface area contributed by atoms with E-state index in [2.05, 4.69) is 10.3 Å². The van der Waals surface area contributed by atoms with E-state index in [1.54, 1.807) is 7.05 Å². The first-order valence-electron chi connectivity index (χ1n) is 7.63. The Morgan fingerprint density at radius 3 is 2.44 bits per heavy atom. The number of aliphatic imine (C=N–C) groups is 1. The highest BCUT2D eigenvalue weighted by Crippen LogP contribution is 2.16. The van der Waals surface area contributed by atoms with Gasteiger partial charge in [0.15, 0.2) is 5.96 Å². The second kappa shape index (κ2) is 11.8. The van der Waals surface area contributed by atoms with Gasteiger partial charge < -0.3 is 10.2 Å². The van der Waals surface area contributed by atoms with Crippen molar-refractivity contribution in [3.8, 4) is 0 Å². The molecule has 0 aliphatic carbocycles. The van der Waals surface area contributed by atoms with Crippen LogP contribution in [0.5, 0.6) is 0 Å². The van der Waals surface area contributed by atoms with Crippen molar-refractivity contribution in [3.63, 3.8) is 0 Å². The zero-order chi connectivity index (χ0) is 18.2. The number of alkyl halides is 3. The molecular formula is C16H25ClF3IN4. The zero-order valence-corrected chi connectivity index (χ0v) is 17.7. The predicted octanol–water partition coefficient (Wildman–Crippen LogP) is 3.85. The monoisotopic (exact) mass is 492 g/mol. The van der Waals surface area contributed by atoms with Crippen LogP contribution in [0.4, 0.5) is 13.2 Å². The summed E-state index contributed by atoms with van der Waals surface area (Å²) in [7, 11) is 5.02. The fourth-order valence-electron chi connectivity index (χ4n) is 2.28. The van der Waals surface area contributed by atoms with Crippen LogP contribution < -0.4 is 5.32 Å². The maximum atomic E-state index is 12.2. The number of guanidine groups is 1. The van der Waals surface area contributed by atoms with Gasteiger partial charge in [-0.3, -0.25) is 9.89 Å². The van der Waals surface area contributed by atoms with Gasteiger partial charge in [0.25, 0.3) is 0 Å². The van der Waals surface area contributed by atoms with E-state index in [0.717, 1.165) is 5.56 Å². The van der Waals surface area contributed by atoms with Gasteiger partial charge in [0, 0.05) is 32.2 Å². The van der Waals surface area contributed by atoms with Crippen LogP contribution in [-0.4, -0.2) is 62.7 Å². The Labute approximate surface area is 169 Å². The lowest BCUT2D eigenvalue weighted by Crippen LogP contribution is -2.40. The third-order valence-corrected chi connectivity index (χ3v) is 3.76. The van der Waals surface area contributed by atoms with E-state index < -0.39 is 12.7 Å². The van der Waals surface area contributed by atoms with E-state index in [0.29, 0.717) is 37.0 Å². The largest absolute Gasteiger partial charge is 0.401 e. The zero-order valence-electron chi connectivity index (χ0n) is 14.6. The van der Waals surface area contributed by atoms with E-state index >= 15 is 0 Å². The lowest BCUT2D eigenvalue weighted by Gasteiger charge is -2.23. The third kappa shape index (κ3) is 10.1. The van der Waals surface area contributed by atoms with Gasteiger partial charge in [-0.25, -0.2) is 0 Å². The molecular weight excluding hydrogens is 468 g/mol. The van der Waals surface area contributed by atoms with Crippen LogP contribution in [0.1, 0.15) is 12.0 Å². The van der Waals surface area contributed by atoms with Gasteiger partial charge in [-0.2, -0.15) is 13.2 Å². The molecule has 0 saturated carbocycles. The smallest absolute Gasteiger partial charge is 0.356 e. The first kappa shape index (κ1) is 24.3. The van der Waals surface area contributed by atoms with E-state index in [4.69, 9.17) is 11.6 Å². The summed E-state index contributed by atoms with van der Waals surface area (Å²) in [4.78, 5) is 7.36. The highest BCUT2D eigenvalue weighted by Gasteiger charge is 2.28. The quantitative estimate of drug-likeness (QED) is 0.272. The SMILES string of the molecule is CN=C(NCCCN(C)CC(F)(F)F)N(C)Cc1ccccc1Cl.I. The van der Waals surface area contributed by atoms with Crippen LogP contribution in [0.25, 0.3) is 0 Å². The molecule has 0 radical (unpaired) electrons. The standard InChI is InChI=1S/C16H24ClF3N4.HI/c1-21-15(22-9-6-10-23(2)12-16(18,19)20)24(3)11-13-7-4-5-8-14(13)17;/h4-5,7-8H,6,9-12H2,1-3H3,(H,21,22);1H. The Balaban J connectivity index is 0.00000576. The second-order valence-electron chi connectivity index (χ2n) is 5.63. The average molecular weight is 493 g/mol. The summed E-state index contributed by atoms with van der Waals surface area (Å²) in [5.41, 5.74) is 0.981. The van der Waals surface area contributed by atoms with Gasteiger partial charge >= 0.3 is 6.18 Å². The lowest BCUT2D eigenvalue weighted by molar-refractivity contribution is -0.143. The molecule has 0 aliphatic heterocycles. The molecule has 0 unspecified atom stereocenters. The first-order chi connectivity index (χ1) is 11.2. The third-order valence-electron chi connectivity index (χ3n) is 3.39. The average Bonchev–Trinajstić information content (AvgIpc) is 2.47. The number of rotatable bonds is 7. The molecule has 25 heavy (non-hydrogen) atoms. The molecule has 0 bridgehead atoms. The minimum absolute atomic E-state index is 0. The Morgan fingerprint density at radius 1 is 1.24 bits per heavy atom. The van der Waals surface area contributed by atoms with Gasteiger partial charge in [-0.15, -0.1) is 24.0 Å². The van der Waals surface area contributed by atoms with Gasteiger partial charge in [0.1, 0.15) is 0 Å². The minimum atomic E-state index is -4.16. The molecule has 1 aromatic rings. The minimum Gasteiger partial charge on any atom is -0.356 e. The van der Waals surface area contributed by atoms with Gasteiger partial charge in [-0.1, -0.05) is 29.8 Å². The molecule has 4 nitrogen and oxygen atoms in total. The van der Waals surface area contributed by atoms with Crippen molar-refractivity contribution in [2.75, 3.05) is 40.8 Å². The van der Waals surface area contributed by atoms with Crippen molar-refractivity contribution >= 4 is 41.5 Å². The number of nitrogens with one attached hydrogen (secondary N) is 1. The highest BCUT2D eigenvalue weighted by molar-refractivity contribution is 14.0. The second-order valence-corrected chi connectivity index (χ2v) is 6.04. The Bertz CT molecular complexity index is 540. The maximum Gasteiger partial charge on any atom is 0.401 e. The summed E-state index contributed by atoms with van der Waals surface area (Å²) >= 11 is 6.15. The molecule has 0 aromatic heterocycles. The summed E-state index contributed by atoms with van der Waals surface area (Å²) in [5, 5.41) is 3.84. The number of halogens is 5. The number of hydrogen-bond donors (Lipinski definition) is 1. The van der Waals surface area contributed by atoms with Crippen molar-refractivity contribution in [1.29, 1.82) is 0 Å². The van der Waals surface area contributed by atoms with Gasteiger partial charge in [0.2, 0.25) is 0 Å².